The molecule has 0 radical (unpaired) electrons. The molecule has 1 aliphatic heterocycles. The van der Waals surface area contributed by atoms with Crippen LogP contribution in [0.5, 0.6) is 5.75 Å². The molecule has 2 rings (SSSR count). The van der Waals surface area contributed by atoms with Crippen LogP contribution in [0.25, 0.3) is 0 Å². The number of nitrogens with one attached hydrogen (secondary N) is 2. The molecule has 1 aromatic rings. The van der Waals surface area contributed by atoms with Gasteiger partial charge in [0.05, 0.1) is 20.3 Å². The number of ether oxygens (including phenoxy) is 1. The zero-order valence-corrected chi connectivity index (χ0v) is 15.8. The molecule has 0 aliphatic carbocycles. The molecule has 8 heteroatoms. The molecule has 1 heterocycles. The number of carbonyl (C=O) groups is 3. The number of hydrogen-bond donors (Lipinski definition) is 2. The second-order valence-electron chi connectivity index (χ2n) is 6.90. The van der Waals surface area contributed by atoms with Crippen LogP contribution in [0.4, 0.5) is 4.79 Å². The number of methoxy groups -OCH3 is 1. The van der Waals surface area contributed by atoms with Crippen molar-refractivity contribution in [3.63, 3.8) is 0 Å². The lowest BCUT2D eigenvalue weighted by Crippen LogP contribution is -2.46. The Hall–Kier alpha value is -2.61. The summed E-state index contributed by atoms with van der Waals surface area (Å²) in [6.45, 7) is 5.51. The Labute approximate surface area is 153 Å². The van der Waals surface area contributed by atoms with E-state index >= 15 is 0 Å². The van der Waals surface area contributed by atoms with Crippen LogP contribution < -0.4 is 15.4 Å². The maximum absolute atomic E-state index is 12.9. The number of hydrogen-bond acceptors (Lipinski definition) is 5. The summed E-state index contributed by atoms with van der Waals surface area (Å²) in [4.78, 5) is 39.9. The third-order valence-corrected chi connectivity index (χ3v) is 4.17. The van der Waals surface area contributed by atoms with Gasteiger partial charge in [-0.1, -0.05) is 12.1 Å². The average molecular weight is 362 g/mol. The molecule has 26 heavy (non-hydrogen) atoms. The lowest BCUT2D eigenvalue weighted by molar-refractivity contribution is -0.133. The van der Waals surface area contributed by atoms with E-state index in [9.17, 15) is 14.4 Å². The molecule has 142 valence electrons. The fourth-order valence-electron chi connectivity index (χ4n) is 2.86. The summed E-state index contributed by atoms with van der Waals surface area (Å²) in [6.07, 6.45) is 0. The SMILES string of the molecule is COc1cccc([C@@]2(C)NC(=O)N(CN(C)CC(=O)NC(C)C)C2=O)c1. The summed E-state index contributed by atoms with van der Waals surface area (Å²) in [5, 5.41) is 5.52. The molecule has 0 unspecified atom stereocenters. The van der Waals surface area contributed by atoms with Crippen molar-refractivity contribution in [3.8, 4) is 5.75 Å². The van der Waals surface area contributed by atoms with Crippen LogP contribution in [0.1, 0.15) is 26.3 Å². The van der Waals surface area contributed by atoms with E-state index in [1.807, 2.05) is 13.8 Å². The number of nitrogens with zero attached hydrogens (tertiary/aromatic N) is 2. The van der Waals surface area contributed by atoms with Gasteiger partial charge in [0.25, 0.3) is 5.91 Å². The Balaban J connectivity index is 2.11. The first-order valence-corrected chi connectivity index (χ1v) is 8.44. The first-order valence-electron chi connectivity index (χ1n) is 8.44. The van der Waals surface area contributed by atoms with Gasteiger partial charge in [-0.25, -0.2) is 9.69 Å². The topological polar surface area (TPSA) is 91.0 Å². The first-order chi connectivity index (χ1) is 12.2. The van der Waals surface area contributed by atoms with E-state index in [1.165, 1.54) is 0 Å². The van der Waals surface area contributed by atoms with Crippen LogP contribution >= 0.6 is 0 Å². The van der Waals surface area contributed by atoms with E-state index in [4.69, 9.17) is 4.74 Å². The van der Waals surface area contributed by atoms with Crippen molar-refractivity contribution in [2.75, 3.05) is 27.4 Å². The Bertz CT molecular complexity index is 706. The summed E-state index contributed by atoms with van der Waals surface area (Å²) in [5.74, 6) is 0.0729. The maximum Gasteiger partial charge on any atom is 0.326 e. The second-order valence-corrected chi connectivity index (χ2v) is 6.90. The highest BCUT2D eigenvalue weighted by atomic mass is 16.5. The standard InChI is InChI=1S/C18H26N4O4/c1-12(2)19-15(23)10-21(4)11-22-16(24)18(3,20-17(22)25)13-7-6-8-14(9-13)26-5/h6-9,12H,10-11H2,1-5H3,(H,19,23)(H,20,25)/t18-/m1/s1. The third-order valence-electron chi connectivity index (χ3n) is 4.17. The zero-order chi connectivity index (χ0) is 19.5. The summed E-state index contributed by atoms with van der Waals surface area (Å²) < 4.78 is 5.20. The van der Waals surface area contributed by atoms with E-state index in [0.717, 1.165) is 4.90 Å². The number of imide groups is 1. The van der Waals surface area contributed by atoms with E-state index < -0.39 is 11.6 Å². The van der Waals surface area contributed by atoms with Gasteiger partial charge < -0.3 is 15.4 Å². The van der Waals surface area contributed by atoms with Crippen molar-refractivity contribution in [2.24, 2.45) is 0 Å². The van der Waals surface area contributed by atoms with Crippen LogP contribution in [0, 0.1) is 0 Å². The van der Waals surface area contributed by atoms with Gasteiger partial charge in [0.1, 0.15) is 11.3 Å². The smallest absolute Gasteiger partial charge is 0.326 e. The fraction of sp³-hybridized carbons (Fsp3) is 0.500. The van der Waals surface area contributed by atoms with Crippen molar-refractivity contribution in [3.05, 3.63) is 29.8 Å². The van der Waals surface area contributed by atoms with Crippen molar-refractivity contribution in [1.82, 2.24) is 20.4 Å². The van der Waals surface area contributed by atoms with Gasteiger partial charge in [0, 0.05) is 6.04 Å². The molecule has 1 saturated heterocycles. The minimum absolute atomic E-state index is 0.0236. The van der Waals surface area contributed by atoms with E-state index in [2.05, 4.69) is 10.6 Å². The van der Waals surface area contributed by atoms with Gasteiger partial charge in [-0.05, 0) is 45.5 Å². The minimum atomic E-state index is -1.17. The largest absolute Gasteiger partial charge is 0.497 e. The van der Waals surface area contributed by atoms with Gasteiger partial charge >= 0.3 is 6.03 Å². The molecule has 8 nitrogen and oxygen atoms in total. The predicted molar refractivity (Wildman–Crippen MR) is 96.5 cm³/mol. The predicted octanol–water partition coefficient (Wildman–Crippen LogP) is 0.876. The quantitative estimate of drug-likeness (QED) is 0.703. The molecule has 0 spiro atoms. The van der Waals surface area contributed by atoms with Gasteiger partial charge in [0.2, 0.25) is 5.91 Å². The Morgan fingerprint density at radius 1 is 1.38 bits per heavy atom. The van der Waals surface area contributed by atoms with Crippen LogP contribution in [0.2, 0.25) is 0 Å². The number of amides is 4. The average Bonchev–Trinajstić information content (AvgIpc) is 2.78. The fourth-order valence-corrected chi connectivity index (χ4v) is 2.86. The van der Waals surface area contributed by atoms with Gasteiger partial charge in [0.15, 0.2) is 0 Å². The molecule has 0 bridgehead atoms. The Kier molecular flexibility index (Phi) is 5.86. The third kappa shape index (κ3) is 4.13. The van der Waals surface area contributed by atoms with Crippen molar-refractivity contribution in [1.29, 1.82) is 0 Å². The summed E-state index contributed by atoms with van der Waals surface area (Å²) in [7, 11) is 3.22. The normalized spacial score (nSPS) is 19.9. The lowest BCUT2D eigenvalue weighted by atomic mass is 9.92. The monoisotopic (exact) mass is 362 g/mol. The zero-order valence-electron chi connectivity index (χ0n) is 15.8. The summed E-state index contributed by atoms with van der Waals surface area (Å²) >= 11 is 0. The van der Waals surface area contributed by atoms with Crippen molar-refractivity contribution >= 4 is 17.8 Å². The summed E-state index contributed by atoms with van der Waals surface area (Å²) in [6, 6.07) is 6.57. The Morgan fingerprint density at radius 2 is 2.08 bits per heavy atom. The van der Waals surface area contributed by atoms with Crippen LogP contribution in [0.3, 0.4) is 0 Å². The molecule has 1 fully saturated rings. The van der Waals surface area contributed by atoms with Gasteiger partial charge in [-0.15, -0.1) is 0 Å². The molecule has 1 atom stereocenters. The van der Waals surface area contributed by atoms with E-state index in [0.29, 0.717) is 11.3 Å². The van der Waals surface area contributed by atoms with Gasteiger partial charge in [-0.3, -0.25) is 14.5 Å². The number of likely N-dealkylation sites (N-methyl/N-ethyl adjacent to an activating group) is 1. The molecule has 4 amide bonds. The van der Waals surface area contributed by atoms with Crippen molar-refractivity contribution < 1.29 is 19.1 Å². The summed E-state index contributed by atoms with van der Waals surface area (Å²) in [5.41, 5.74) is -0.537. The molecule has 1 aromatic carbocycles. The second kappa shape index (κ2) is 7.74. The molecule has 1 aliphatic rings. The molecule has 0 saturated carbocycles. The van der Waals surface area contributed by atoms with Crippen LogP contribution in [0.15, 0.2) is 24.3 Å². The van der Waals surface area contributed by atoms with E-state index in [-0.39, 0.29) is 31.1 Å². The first kappa shape index (κ1) is 19.7. The molecular formula is C18H26N4O4. The maximum atomic E-state index is 12.9. The Morgan fingerprint density at radius 3 is 2.69 bits per heavy atom. The number of urea groups is 1. The molecule has 2 N–H and O–H groups in total. The highest BCUT2D eigenvalue weighted by molar-refractivity contribution is 6.07. The number of benzene rings is 1. The van der Waals surface area contributed by atoms with Crippen molar-refractivity contribution in [2.45, 2.75) is 32.4 Å². The van der Waals surface area contributed by atoms with Crippen LogP contribution in [-0.2, 0) is 15.1 Å². The van der Waals surface area contributed by atoms with Crippen LogP contribution in [-0.4, -0.2) is 61.1 Å². The molecule has 0 aromatic heterocycles. The minimum Gasteiger partial charge on any atom is -0.497 e. The van der Waals surface area contributed by atoms with E-state index in [1.54, 1.807) is 50.2 Å². The number of carbonyl (C=O) groups excluding carboxylic acids is 3. The highest BCUT2D eigenvalue weighted by Crippen LogP contribution is 2.30. The highest BCUT2D eigenvalue weighted by Gasteiger charge is 2.49. The van der Waals surface area contributed by atoms with Gasteiger partial charge in [-0.2, -0.15) is 0 Å². The molecular weight excluding hydrogens is 336 g/mol. The lowest BCUT2D eigenvalue weighted by Gasteiger charge is -2.25. The number of rotatable bonds is 7.